The van der Waals surface area contributed by atoms with Crippen LogP contribution >= 0.6 is 0 Å². The van der Waals surface area contributed by atoms with E-state index in [1.54, 1.807) is 29.4 Å². The highest BCUT2D eigenvalue weighted by molar-refractivity contribution is 5.78. The predicted molar refractivity (Wildman–Crippen MR) is 92.3 cm³/mol. The number of aromatic nitrogens is 2. The van der Waals surface area contributed by atoms with Gasteiger partial charge in [0, 0.05) is 51.7 Å². The molecule has 0 saturated carbocycles. The zero-order valence-electron chi connectivity index (χ0n) is 13.6. The fourth-order valence-electron chi connectivity index (χ4n) is 2.66. The van der Waals surface area contributed by atoms with Crippen LogP contribution in [0.15, 0.2) is 43.8 Å². The summed E-state index contributed by atoms with van der Waals surface area (Å²) in [4.78, 5) is 27.2. The number of nitrogens with zero attached hydrogens (tertiary/aromatic N) is 5. The molecule has 0 unspecified atom stereocenters. The third-order valence-electron chi connectivity index (χ3n) is 3.83. The average molecular weight is 315 g/mol. The fraction of sp³-hybridized carbons (Fsp3) is 0.471. The van der Waals surface area contributed by atoms with Crippen LogP contribution in [-0.2, 0) is 4.79 Å². The molecule has 0 aromatic carbocycles. The smallest absolute Gasteiger partial charge is 0.237 e. The van der Waals surface area contributed by atoms with Gasteiger partial charge in [0.1, 0.15) is 0 Å². The second-order valence-electron chi connectivity index (χ2n) is 5.54. The third-order valence-corrected chi connectivity index (χ3v) is 3.83. The Morgan fingerprint density at radius 3 is 2.48 bits per heavy atom. The molecular formula is C17H25N5O. The summed E-state index contributed by atoms with van der Waals surface area (Å²) in [5.74, 6) is 0.884. The second-order valence-corrected chi connectivity index (χ2v) is 5.54. The van der Waals surface area contributed by atoms with E-state index in [4.69, 9.17) is 0 Å². The van der Waals surface area contributed by atoms with Gasteiger partial charge in [-0.15, -0.1) is 13.2 Å². The van der Waals surface area contributed by atoms with Crippen LogP contribution in [0.25, 0.3) is 0 Å². The molecule has 0 spiro atoms. The van der Waals surface area contributed by atoms with Crippen molar-refractivity contribution in [2.24, 2.45) is 0 Å². The highest BCUT2D eigenvalue weighted by atomic mass is 16.2. The topological polar surface area (TPSA) is 52.6 Å². The lowest BCUT2D eigenvalue weighted by atomic mass is 10.3. The molecule has 0 bridgehead atoms. The van der Waals surface area contributed by atoms with E-state index in [2.05, 4.69) is 32.9 Å². The van der Waals surface area contributed by atoms with E-state index in [0.29, 0.717) is 19.6 Å². The Bertz CT molecular complexity index is 509. The van der Waals surface area contributed by atoms with E-state index >= 15 is 0 Å². The van der Waals surface area contributed by atoms with Gasteiger partial charge in [0.25, 0.3) is 0 Å². The van der Waals surface area contributed by atoms with E-state index in [0.717, 1.165) is 38.5 Å². The van der Waals surface area contributed by atoms with Crippen LogP contribution in [0.4, 0.5) is 5.95 Å². The van der Waals surface area contributed by atoms with Crippen molar-refractivity contribution in [3.05, 3.63) is 43.8 Å². The Kier molecular flexibility index (Phi) is 6.75. The van der Waals surface area contributed by atoms with Crippen LogP contribution in [0.1, 0.15) is 6.42 Å². The Morgan fingerprint density at radius 1 is 1.13 bits per heavy atom. The molecule has 2 heterocycles. The summed E-state index contributed by atoms with van der Waals surface area (Å²) in [5.41, 5.74) is 0. The normalized spacial score (nSPS) is 15.7. The molecule has 6 heteroatoms. The summed E-state index contributed by atoms with van der Waals surface area (Å²) in [6.07, 6.45) is 8.01. The fourth-order valence-corrected chi connectivity index (χ4v) is 2.66. The Labute approximate surface area is 138 Å². The van der Waals surface area contributed by atoms with Crippen molar-refractivity contribution in [1.29, 1.82) is 0 Å². The quantitative estimate of drug-likeness (QED) is 0.708. The predicted octanol–water partition coefficient (Wildman–Crippen LogP) is 1.19. The van der Waals surface area contributed by atoms with Crippen molar-refractivity contribution in [2.75, 3.05) is 50.7 Å². The standard InChI is InChI=1S/C17H25N5O/c1-3-9-21(10-4-2)16(23)15-20-11-6-12-22(14-13-20)17-18-7-5-8-19-17/h3-5,7-8H,1-2,6,9-15H2. The monoisotopic (exact) mass is 315 g/mol. The lowest BCUT2D eigenvalue weighted by Crippen LogP contribution is -2.42. The van der Waals surface area contributed by atoms with Crippen molar-refractivity contribution in [1.82, 2.24) is 19.8 Å². The Morgan fingerprint density at radius 2 is 1.83 bits per heavy atom. The van der Waals surface area contributed by atoms with E-state index in [-0.39, 0.29) is 5.91 Å². The third kappa shape index (κ3) is 5.17. The van der Waals surface area contributed by atoms with Gasteiger partial charge < -0.3 is 9.80 Å². The van der Waals surface area contributed by atoms with E-state index in [1.165, 1.54) is 0 Å². The molecule has 1 aliphatic rings. The first-order chi connectivity index (χ1) is 11.2. The Balaban J connectivity index is 1.89. The summed E-state index contributed by atoms with van der Waals surface area (Å²) >= 11 is 0. The van der Waals surface area contributed by atoms with Crippen LogP contribution in [0.3, 0.4) is 0 Å². The summed E-state index contributed by atoms with van der Waals surface area (Å²) in [5, 5.41) is 0. The van der Waals surface area contributed by atoms with Gasteiger partial charge in [-0.1, -0.05) is 12.2 Å². The molecule has 124 valence electrons. The zero-order chi connectivity index (χ0) is 16.5. The van der Waals surface area contributed by atoms with Crippen molar-refractivity contribution in [3.8, 4) is 0 Å². The number of hydrogen-bond acceptors (Lipinski definition) is 5. The first kappa shape index (κ1) is 17.1. The molecule has 0 atom stereocenters. The number of rotatable bonds is 7. The van der Waals surface area contributed by atoms with E-state index < -0.39 is 0 Å². The van der Waals surface area contributed by atoms with Crippen LogP contribution in [0, 0.1) is 0 Å². The molecule has 0 aliphatic carbocycles. The van der Waals surface area contributed by atoms with E-state index in [1.807, 2.05) is 6.07 Å². The summed E-state index contributed by atoms with van der Waals surface area (Å²) < 4.78 is 0. The first-order valence-electron chi connectivity index (χ1n) is 7.98. The van der Waals surface area contributed by atoms with Crippen molar-refractivity contribution < 1.29 is 4.79 Å². The van der Waals surface area contributed by atoms with Crippen molar-refractivity contribution in [3.63, 3.8) is 0 Å². The van der Waals surface area contributed by atoms with Gasteiger partial charge in [0.15, 0.2) is 0 Å². The van der Waals surface area contributed by atoms with Crippen molar-refractivity contribution >= 4 is 11.9 Å². The maximum Gasteiger partial charge on any atom is 0.237 e. The van der Waals surface area contributed by atoms with Gasteiger partial charge >= 0.3 is 0 Å². The summed E-state index contributed by atoms with van der Waals surface area (Å²) in [6.45, 7) is 12.5. The highest BCUT2D eigenvalue weighted by Crippen LogP contribution is 2.10. The minimum atomic E-state index is 0.120. The second kappa shape index (κ2) is 9.05. The minimum Gasteiger partial charge on any atom is -0.339 e. The van der Waals surface area contributed by atoms with Crippen LogP contribution < -0.4 is 4.90 Å². The lowest BCUT2D eigenvalue weighted by Gasteiger charge is -2.25. The molecule has 6 nitrogen and oxygen atoms in total. The number of amides is 1. The highest BCUT2D eigenvalue weighted by Gasteiger charge is 2.20. The summed E-state index contributed by atoms with van der Waals surface area (Å²) in [6, 6.07) is 1.82. The molecule has 1 aliphatic heterocycles. The van der Waals surface area contributed by atoms with Gasteiger partial charge in [-0.3, -0.25) is 9.69 Å². The molecule has 1 aromatic rings. The van der Waals surface area contributed by atoms with Gasteiger partial charge in [-0.2, -0.15) is 0 Å². The molecule has 1 amide bonds. The minimum absolute atomic E-state index is 0.120. The number of anilines is 1. The van der Waals surface area contributed by atoms with Crippen molar-refractivity contribution in [2.45, 2.75) is 6.42 Å². The lowest BCUT2D eigenvalue weighted by molar-refractivity contribution is -0.131. The maximum absolute atomic E-state index is 12.4. The molecule has 1 fully saturated rings. The van der Waals surface area contributed by atoms with Gasteiger partial charge in [0.05, 0.1) is 6.54 Å². The molecular weight excluding hydrogens is 290 g/mol. The SMILES string of the molecule is C=CCN(CC=C)C(=O)CN1CCCN(c2ncccn2)CC1. The maximum atomic E-state index is 12.4. The van der Waals surface area contributed by atoms with Gasteiger partial charge in [-0.25, -0.2) is 9.97 Å². The molecule has 1 saturated heterocycles. The molecule has 1 aromatic heterocycles. The van der Waals surface area contributed by atoms with Gasteiger partial charge in [0.2, 0.25) is 11.9 Å². The average Bonchev–Trinajstić information content (AvgIpc) is 2.81. The largest absolute Gasteiger partial charge is 0.339 e. The molecule has 2 rings (SSSR count). The van der Waals surface area contributed by atoms with Crippen LogP contribution in [0.2, 0.25) is 0 Å². The number of carbonyl (C=O) groups excluding carboxylic acids is 1. The molecule has 0 N–H and O–H groups in total. The number of hydrogen-bond donors (Lipinski definition) is 0. The Hall–Kier alpha value is -2.21. The van der Waals surface area contributed by atoms with E-state index in [9.17, 15) is 4.79 Å². The zero-order valence-corrected chi connectivity index (χ0v) is 13.6. The van der Waals surface area contributed by atoms with Crippen LogP contribution in [0.5, 0.6) is 0 Å². The number of carbonyl (C=O) groups is 1. The summed E-state index contributed by atoms with van der Waals surface area (Å²) in [7, 11) is 0. The van der Waals surface area contributed by atoms with Crippen LogP contribution in [-0.4, -0.2) is 71.5 Å². The van der Waals surface area contributed by atoms with Gasteiger partial charge in [-0.05, 0) is 12.5 Å². The molecule has 0 radical (unpaired) electrons. The molecule has 23 heavy (non-hydrogen) atoms. The first-order valence-corrected chi connectivity index (χ1v) is 7.98.